The van der Waals surface area contributed by atoms with E-state index in [0.717, 1.165) is 17.0 Å². The van der Waals surface area contributed by atoms with Gasteiger partial charge in [0, 0.05) is 6.54 Å². The Labute approximate surface area is 151 Å². The number of nitrogens with one attached hydrogen (secondary N) is 1. The van der Waals surface area contributed by atoms with E-state index in [-0.39, 0.29) is 6.54 Å². The van der Waals surface area contributed by atoms with Gasteiger partial charge in [-0.05, 0) is 42.0 Å². The zero-order chi connectivity index (χ0) is 17.8. The molecule has 2 aromatic carbocycles. The standard InChI is InChI=1S/C18H19N3O3S/c1-23-13-8-6-12(7-9-13)10-20-18(25)21-11-16(17(19)22)24-15-5-3-2-4-14(15)21/h2-9,16H,10-11H2,1H3,(H2,19,22)(H,20,25)/t16-/m0/s1. The van der Waals surface area contributed by atoms with Crippen LogP contribution in [0.15, 0.2) is 48.5 Å². The third-order valence-corrected chi connectivity index (χ3v) is 4.30. The van der Waals surface area contributed by atoms with Crippen molar-refractivity contribution in [1.82, 2.24) is 5.32 Å². The number of fused-ring (bicyclic) bond motifs is 1. The van der Waals surface area contributed by atoms with Gasteiger partial charge in [-0.3, -0.25) is 4.79 Å². The Morgan fingerprint density at radius 3 is 2.72 bits per heavy atom. The molecule has 0 spiro atoms. The first-order valence-corrected chi connectivity index (χ1v) is 8.22. The molecule has 130 valence electrons. The molecule has 3 N–H and O–H groups in total. The number of anilines is 1. The lowest BCUT2D eigenvalue weighted by Gasteiger charge is -2.35. The molecule has 0 bridgehead atoms. The number of rotatable bonds is 4. The summed E-state index contributed by atoms with van der Waals surface area (Å²) in [6, 6.07) is 15.2. The van der Waals surface area contributed by atoms with E-state index in [0.29, 0.717) is 17.4 Å². The Kier molecular flexibility index (Phi) is 5.04. The molecule has 25 heavy (non-hydrogen) atoms. The van der Waals surface area contributed by atoms with Crippen molar-refractivity contribution < 1.29 is 14.3 Å². The van der Waals surface area contributed by atoms with Gasteiger partial charge in [-0.15, -0.1) is 0 Å². The Morgan fingerprint density at radius 2 is 2.04 bits per heavy atom. The molecule has 0 aromatic heterocycles. The second-order valence-electron chi connectivity index (χ2n) is 5.59. The number of benzene rings is 2. The van der Waals surface area contributed by atoms with Gasteiger partial charge in [0.1, 0.15) is 11.5 Å². The minimum absolute atomic E-state index is 0.279. The van der Waals surface area contributed by atoms with Crippen LogP contribution in [0.5, 0.6) is 11.5 Å². The summed E-state index contributed by atoms with van der Waals surface area (Å²) in [6.45, 7) is 0.838. The van der Waals surface area contributed by atoms with Crippen LogP contribution in [0.25, 0.3) is 0 Å². The summed E-state index contributed by atoms with van der Waals surface area (Å²) in [6.07, 6.45) is -0.740. The number of primary amides is 1. The average Bonchev–Trinajstić information content (AvgIpc) is 2.65. The summed E-state index contributed by atoms with van der Waals surface area (Å²) in [5, 5.41) is 3.73. The molecule has 6 nitrogen and oxygen atoms in total. The highest BCUT2D eigenvalue weighted by molar-refractivity contribution is 7.80. The summed E-state index contributed by atoms with van der Waals surface area (Å²) < 4.78 is 10.8. The predicted molar refractivity (Wildman–Crippen MR) is 99.8 cm³/mol. The lowest BCUT2D eigenvalue weighted by Crippen LogP contribution is -2.51. The number of amides is 1. The largest absolute Gasteiger partial charge is 0.497 e. The van der Waals surface area contributed by atoms with Crippen molar-refractivity contribution in [3.8, 4) is 11.5 Å². The quantitative estimate of drug-likeness (QED) is 0.813. The van der Waals surface area contributed by atoms with Gasteiger partial charge in [0.25, 0.3) is 5.91 Å². The lowest BCUT2D eigenvalue weighted by molar-refractivity contribution is -0.124. The second-order valence-corrected chi connectivity index (χ2v) is 5.98. The number of carbonyl (C=O) groups excluding carboxylic acids is 1. The number of hydrogen-bond donors (Lipinski definition) is 2. The van der Waals surface area contributed by atoms with E-state index in [2.05, 4.69) is 5.32 Å². The number of methoxy groups -OCH3 is 1. The third-order valence-electron chi connectivity index (χ3n) is 3.94. The van der Waals surface area contributed by atoms with Crippen LogP contribution < -0.4 is 25.4 Å². The molecule has 1 aliphatic rings. The molecule has 7 heteroatoms. The fraction of sp³-hybridized carbons (Fsp3) is 0.222. The molecular formula is C18H19N3O3S. The van der Waals surface area contributed by atoms with Gasteiger partial charge in [-0.1, -0.05) is 24.3 Å². The zero-order valence-corrected chi connectivity index (χ0v) is 14.6. The maximum atomic E-state index is 11.6. The molecule has 2 aromatic rings. The number of nitrogens with zero attached hydrogens (tertiary/aromatic N) is 1. The first-order valence-electron chi connectivity index (χ1n) is 7.82. The fourth-order valence-corrected chi connectivity index (χ4v) is 2.84. The highest BCUT2D eigenvalue weighted by atomic mass is 32.1. The van der Waals surface area contributed by atoms with Crippen LogP contribution in [0.1, 0.15) is 5.56 Å². The van der Waals surface area contributed by atoms with Gasteiger partial charge < -0.3 is 25.4 Å². The van der Waals surface area contributed by atoms with E-state index < -0.39 is 12.0 Å². The fourth-order valence-electron chi connectivity index (χ4n) is 2.59. The Balaban J connectivity index is 1.72. The van der Waals surface area contributed by atoms with Crippen LogP contribution in [0.2, 0.25) is 0 Å². The molecule has 0 saturated carbocycles. The molecule has 1 atom stereocenters. The summed E-state index contributed by atoms with van der Waals surface area (Å²) in [5.41, 5.74) is 7.29. The molecule has 1 heterocycles. The molecule has 0 unspecified atom stereocenters. The van der Waals surface area contributed by atoms with E-state index in [1.165, 1.54) is 0 Å². The Bertz CT molecular complexity index is 779. The monoisotopic (exact) mass is 357 g/mol. The van der Waals surface area contributed by atoms with Crippen LogP contribution in [-0.2, 0) is 11.3 Å². The van der Waals surface area contributed by atoms with Crippen molar-refractivity contribution in [2.24, 2.45) is 5.73 Å². The minimum atomic E-state index is -0.740. The Hall–Kier alpha value is -2.80. The molecule has 0 radical (unpaired) electrons. The van der Waals surface area contributed by atoms with Gasteiger partial charge in [0.05, 0.1) is 19.3 Å². The molecule has 0 fully saturated rings. The zero-order valence-electron chi connectivity index (χ0n) is 13.8. The van der Waals surface area contributed by atoms with Crippen molar-refractivity contribution in [3.05, 3.63) is 54.1 Å². The van der Waals surface area contributed by atoms with Crippen LogP contribution in [-0.4, -0.2) is 30.8 Å². The van der Waals surface area contributed by atoms with Gasteiger partial charge in [0.15, 0.2) is 11.2 Å². The lowest BCUT2D eigenvalue weighted by atomic mass is 10.2. The van der Waals surface area contributed by atoms with Crippen molar-refractivity contribution in [1.29, 1.82) is 0 Å². The van der Waals surface area contributed by atoms with Gasteiger partial charge in [0.2, 0.25) is 0 Å². The summed E-state index contributed by atoms with van der Waals surface area (Å²) >= 11 is 5.52. The normalized spacial score (nSPS) is 15.7. The molecule has 0 aliphatic carbocycles. The highest BCUT2D eigenvalue weighted by Gasteiger charge is 2.31. The van der Waals surface area contributed by atoms with Crippen LogP contribution in [0, 0.1) is 0 Å². The predicted octanol–water partition coefficient (Wildman–Crippen LogP) is 1.82. The van der Waals surface area contributed by atoms with E-state index in [4.69, 9.17) is 27.4 Å². The topological polar surface area (TPSA) is 76.8 Å². The van der Waals surface area contributed by atoms with Crippen molar-refractivity contribution in [2.45, 2.75) is 12.6 Å². The summed E-state index contributed by atoms with van der Waals surface area (Å²) in [7, 11) is 1.63. The smallest absolute Gasteiger partial charge is 0.260 e. The SMILES string of the molecule is COc1ccc(CNC(=S)N2C[C@@H](C(N)=O)Oc3ccccc32)cc1. The Morgan fingerprint density at radius 1 is 1.32 bits per heavy atom. The maximum absolute atomic E-state index is 11.6. The maximum Gasteiger partial charge on any atom is 0.260 e. The first-order chi connectivity index (χ1) is 12.1. The van der Waals surface area contributed by atoms with Crippen LogP contribution in [0.4, 0.5) is 5.69 Å². The van der Waals surface area contributed by atoms with Gasteiger partial charge >= 0.3 is 0 Å². The molecule has 0 saturated heterocycles. The van der Waals surface area contributed by atoms with E-state index >= 15 is 0 Å². The number of carbonyl (C=O) groups is 1. The molecule has 1 amide bonds. The van der Waals surface area contributed by atoms with E-state index in [1.807, 2.05) is 47.4 Å². The third kappa shape index (κ3) is 3.83. The van der Waals surface area contributed by atoms with E-state index in [1.54, 1.807) is 13.2 Å². The van der Waals surface area contributed by atoms with Crippen LogP contribution in [0.3, 0.4) is 0 Å². The summed E-state index contributed by atoms with van der Waals surface area (Å²) in [5.74, 6) is 0.876. The van der Waals surface area contributed by atoms with Crippen molar-refractivity contribution in [3.63, 3.8) is 0 Å². The minimum Gasteiger partial charge on any atom is -0.497 e. The second kappa shape index (κ2) is 7.40. The number of thiocarbonyl (C=S) groups is 1. The number of hydrogen-bond acceptors (Lipinski definition) is 4. The number of ether oxygens (including phenoxy) is 2. The van der Waals surface area contributed by atoms with Gasteiger partial charge in [-0.2, -0.15) is 0 Å². The number of nitrogens with two attached hydrogens (primary N) is 1. The van der Waals surface area contributed by atoms with Crippen molar-refractivity contribution in [2.75, 3.05) is 18.6 Å². The van der Waals surface area contributed by atoms with Crippen molar-refractivity contribution >= 4 is 28.9 Å². The molecule has 3 rings (SSSR count). The molecular weight excluding hydrogens is 338 g/mol. The van der Waals surface area contributed by atoms with Gasteiger partial charge in [-0.25, -0.2) is 0 Å². The first kappa shape index (κ1) is 17.0. The van der Waals surface area contributed by atoms with Crippen LogP contribution >= 0.6 is 12.2 Å². The van der Waals surface area contributed by atoms with E-state index in [9.17, 15) is 4.79 Å². The highest BCUT2D eigenvalue weighted by Crippen LogP contribution is 2.33. The molecule has 1 aliphatic heterocycles. The number of para-hydroxylation sites is 2. The summed E-state index contributed by atoms with van der Waals surface area (Å²) in [4.78, 5) is 13.4. The average molecular weight is 357 g/mol.